The van der Waals surface area contributed by atoms with Crippen molar-refractivity contribution in [2.24, 2.45) is 0 Å². The molecule has 2 atom stereocenters. The standard InChI is InChI=1S/C14H18BrN3O2/c1-4-9(3)18-13(19)6-11(14(18)20)17-12-5-8(2)10(15)7-16-12/h5,7,9,11H,4,6H2,1-3H3,(H,16,17). The van der Waals surface area contributed by atoms with Crippen LogP contribution in [-0.2, 0) is 9.59 Å². The Morgan fingerprint density at radius 1 is 1.55 bits per heavy atom. The van der Waals surface area contributed by atoms with Gasteiger partial charge in [0.15, 0.2) is 0 Å². The number of pyridine rings is 1. The second kappa shape index (κ2) is 5.91. The predicted octanol–water partition coefficient (Wildman–Crippen LogP) is 2.49. The maximum Gasteiger partial charge on any atom is 0.252 e. The Morgan fingerprint density at radius 3 is 2.85 bits per heavy atom. The van der Waals surface area contributed by atoms with Gasteiger partial charge in [-0.15, -0.1) is 0 Å². The van der Waals surface area contributed by atoms with E-state index in [0.29, 0.717) is 5.82 Å². The van der Waals surface area contributed by atoms with Crippen molar-refractivity contribution in [3.05, 3.63) is 22.3 Å². The minimum Gasteiger partial charge on any atom is -0.358 e. The molecule has 1 aliphatic heterocycles. The lowest BCUT2D eigenvalue weighted by Crippen LogP contribution is -2.40. The van der Waals surface area contributed by atoms with E-state index < -0.39 is 6.04 Å². The average Bonchev–Trinajstić information content (AvgIpc) is 2.68. The van der Waals surface area contributed by atoms with Crippen LogP contribution in [0, 0.1) is 6.92 Å². The van der Waals surface area contributed by atoms with E-state index in [1.165, 1.54) is 4.90 Å². The summed E-state index contributed by atoms with van der Waals surface area (Å²) in [6, 6.07) is 1.29. The van der Waals surface area contributed by atoms with Crippen molar-refractivity contribution in [1.82, 2.24) is 9.88 Å². The molecule has 0 aliphatic carbocycles. The molecule has 2 amide bonds. The first-order valence-corrected chi connectivity index (χ1v) is 7.48. The summed E-state index contributed by atoms with van der Waals surface area (Å²) in [7, 11) is 0. The van der Waals surface area contributed by atoms with Gasteiger partial charge in [-0.1, -0.05) is 6.92 Å². The summed E-state index contributed by atoms with van der Waals surface area (Å²) < 4.78 is 0.915. The van der Waals surface area contributed by atoms with Crippen molar-refractivity contribution < 1.29 is 9.59 Å². The smallest absolute Gasteiger partial charge is 0.252 e. The molecule has 0 saturated carbocycles. The molecule has 1 fully saturated rings. The van der Waals surface area contributed by atoms with Gasteiger partial charge >= 0.3 is 0 Å². The topological polar surface area (TPSA) is 62.3 Å². The van der Waals surface area contributed by atoms with Crippen molar-refractivity contribution in [2.45, 2.75) is 45.7 Å². The number of carbonyl (C=O) groups is 2. The van der Waals surface area contributed by atoms with E-state index in [4.69, 9.17) is 0 Å². The van der Waals surface area contributed by atoms with E-state index in [1.807, 2.05) is 26.8 Å². The summed E-state index contributed by atoms with van der Waals surface area (Å²) in [5.74, 6) is 0.338. The summed E-state index contributed by atoms with van der Waals surface area (Å²) in [5, 5.41) is 3.05. The number of aryl methyl sites for hydroxylation is 1. The fourth-order valence-electron chi connectivity index (χ4n) is 2.21. The minimum atomic E-state index is -0.510. The third-order valence-corrected chi connectivity index (χ3v) is 4.41. The van der Waals surface area contributed by atoms with E-state index >= 15 is 0 Å². The zero-order chi connectivity index (χ0) is 14.9. The van der Waals surface area contributed by atoms with Crippen LogP contribution in [-0.4, -0.2) is 33.8 Å². The lowest BCUT2D eigenvalue weighted by atomic mass is 10.2. The van der Waals surface area contributed by atoms with Crippen LogP contribution in [0.2, 0.25) is 0 Å². The molecule has 2 heterocycles. The maximum atomic E-state index is 12.3. The highest BCUT2D eigenvalue weighted by atomic mass is 79.9. The second-order valence-corrected chi connectivity index (χ2v) is 5.93. The molecule has 20 heavy (non-hydrogen) atoms. The molecular formula is C14H18BrN3O2. The Labute approximate surface area is 126 Å². The molecule has 0 radical (unpaired) electrons. The van der Waals surface area contributed by atoms with Gasteiger partial charge in [0.1, 0.15) is 11.9 Å². The van der Waals surface area contributed by atoms with Gasteiger partial charge in [0.25, 0.3) is 5.91 Å². The number of aromatic nitrogens is 1. The van der Waals surface area contributed by atoms with Crippen molar-refractivity contribution >= 4 is 33.6 Å². The number of amides is 2. The van der Waals surface area contributed by atoms with Crippen molar-refractivity contribution in [2.75, 3.05) is 5.32 Å². The summed E-state index contributed by atoms with van der Waals surface area (Å²) >= 11 is 3.38. The van der Waals surface area contributed by atoms with Crippen LogP contribution in [0.3, 0.4) is 0 Å². The fourth-order valence-corrected chi connectivity index (χ4v) is 2.42. The van der Waals surface area contributed by atoms with Crippen LogP contribution in [0.4, 0.5) is 5.82 Å². The Kier molecular flexibility index (Phi) is 4.42. The Balaban J connectivity index is 2.13. The van der Waals surface area contributed by atoms with Gasteiger partial charge in [0, 0.05) is 16.7 Å². The molecule has 6 heteroatoms. The van der Waals surface area contributed by atoms with E-state index in [9.17, 15) is 9.59 Å². The molecule has 1 aliphatic rings. The number of nitrogens with one attached hydrogen (secondary N) is 1. The number of halogens is 1. The molecule has 0 bridgehead atoms. The maximum absolute atomic E-state index is 12.3. The Bertz CT molecular complexity index is 547. The van der Waals surface area contributed by atoms with Crippen molar-refractivity contribution in [3.63, 3.8) is 0 Å². The van der Waals surface area contributed by atoms with Gasteiger partial charge in [-0.25, -0.2) is 4.98 Å². The first-order chi connectivity index (χ1) is 9.43. The Morgan fingerprint density at radius 2 is 2.25 bits per heavy atom. The minimum absolute atomic E-state index is 0.0542. The van der Waals surface area contributed by atoms with Crippen LogP contribution >= 0.6 is 15.9 Å². The average molecular weight is 340 g/mol. The van der Waals surface area contributed by atoms with Crippen LogP contribution < -0.4 is 5.32 Å². The number of carbonyl (C=O) groups excluding carboxylic acids is 2. The van der Waals surface area contributed by atoms with Gasteiger partial charge in [-0.2, -0.15) is 0 Å². The van der Waals surface area contributed by atoms with E-state index in [1.54, 1.807) is 6.20 Å². The lowest BCUT2D eigenvalue weighted by molar-refractivity contribution is -0.140. The molecule has 1 aromatic heterocycles. The summed E-state index contributed by atoms with van der Waals surface area (Å²) in [6.07, 6.45) is 2.64. The molecular weight excluding hydrogens is 322 g/mol. The van der Waals surface area contributed by atoms with Crippen LogP contribution in [0.5, 0.6) is 0 Å². The summed E-state index contributed by atoms with van der Waals surface area (Å²) in [6.45, 7) is 5.80. The number of hydrogen-bond acceptors (Lipinski definition) is 4. The van der Waals surface area contributed by atoms with Crippen molar-refractivity contribution in [1.29, 1.82) is 0 Å². The van der Waals surface area contributed by atoms with E-state index in [0.717, 1.165) is 16.5 Å². The van der Waals surface area contributed by atoms with Crippen LogP contribution in [0.25, 0.3) is 0 Å². The molecule has 0 spiro atoms. The molecule has 1 saturated heterocycles. The molecule has 2 unspecified atom stereocenters. The molecule has 0 aromatic carbocycles. The van der Waals surface area contributed by atoms with Gasteiger partial charge in [-0.3, -0.25) is 14.5 Å². The molecule has 1 N–H and O–H groups in total. The van der Waals surface area contributed by atoms with Gasteiger partial charge < -0.3 is 5.32 Å². The number of nitrogens with zero attached hydrogens (tertiary/aromatic N) is 2. The number of hydrogen-bond donors (Lipinski definition) is 1. The number of rotatable bonds is 4. The molecule has 5 nitrogen and oxygen atoms in total. The van der Waals surface area contributed by atoms with Gasteiger partial charge in [-0.05, 0) is 47.8 Å². The highest BCUT2D eigenvalue weighted by Gasteiger charge is 2.40. The third kappa shape index (κ3) is 2.85. The highest BCUT2D eigenvalue weighted by molar-refractivity contribution is 9.10. The van der Waals surface area contributed by atoms with Crippen LogP contribution in [0.1, 0.15) is 32.3 Å². The number of likely N-dealkylation sites (tertiary alicyclic amines) is 1. The zero-order valence-electron chi connectivity index (χ0n) is 11.8. The third-order valence-electron chi connectivity index (χ3n) is 3.58. The highest BCUT2D eigenvalue weighted by Crippen LogP contribution is 2.22. The first-order valence-electron chi connectivity index (χ1n) is 6.68. The SMILES string of the molecule is CCC(C)N1C(=O)CC(Nc2cc(C)c(Br)cn2)C1=O. The molecule has 2 rings (SSSR count). The summed E-state index contributed by atoms with van der Waals surface area (Å²) in [4.78, 5) is 29.8. The van der Waals surface area contributed by atoms with E-state index in [2.05, 4.69) is 26.2 Å². The molecule has 108 valence electrons. The first kappa shape index (κ1) is 15.0. The fraction of sp³-hybridized carbons (Fsp3) is 0.500. The van der Waals surface area contributed by atoms with Crippen molar-refractivity contribution in [3.8, 4) is 0 Å². The Hall–Kier alpha value is -1.43. The second-order valence-electron chi connectivity index (χ2n) is 5.08. The van der Waals surface area contributed by atoms with Crippen LogP contribution in [0.15, 0.2) is 16.7 Å². The van der Waals surface area contributed by atoms with Gasteiger partial charge in [0.05, 0.1) is 6.42 Å². The largest absolute Gasteiger partial charge is 0.358 e. The zero-order valence-corrected chi connectivity index (χ0v) is 13.4. The molecule has 1 aromatic rings. The monoisotopic (exact) mass is 339 g/mol. The van der Waals surface area contributed by atoms with E-state index in [-0.39, 0.29) is 24.3 Å². The quantitative estimate of drug-likeness (QED) is 0.856. The number of anilines is 1. The summed E-state index contributed by atoms with van der Waals surface area (Å²) in [5.41, 5.74) is 1.03. The normalized spacial score (nSPS) is 20.4. The lowest BCUT2D eigenvalue weighted by Gasteiger charge is -2.21. The number of imide groups is 1. The van der Waals surface area contributed by atoms with Gasteiger partial charge in [0.2, 0.25) is 5.91 Å². The predicted molar refractivity (Wildman–Crippen MR) is 80.3 cm³/mol.